The number of hydrogen-bond acceptors (Lipinski definition) is 4. The summed E-state index contributed by atoms with van der Waals surface area (Å²) in [5.41, 5.74) is 1.90. The summed E-state index contributed by atoms with van der Waals surface area (Å²) in [4.78, 5) is 11.0. The second-order valence-electron chi connectivity index (χ2n) is 5.71. The number of aliphatic hydroxyl groups excluding tert-OH is 1. The van der Waals surface area contributed by atoms with Gasteiger partial charge in [0.25, 0.3) is 0 Å². The van der Waals surface area contributed by atoms with Gasteiger partial charge in [-0.05, 0) is 36.8 Å². The maximum absolute atomic E-state index is 11.0. The minimum atomic E-state index is -0.605. The molecule has 0 fully saturated rings. The molecule has 0 saturated carbocycles. The number of amides is 1. The lowest BCUT2D eigenvalue weighted by Crippen LogP contribution is -2.33. The molecule has 0 aliphatic heterocycles. The van der Waals surface area contributed by atoms with Crippen LogP contribution in [-0.4, -0.2) is 30.3 Å². The average molecular weight is 328 g/mol. The summed E-state index contributed by atoms with van der Waals surface area (Å²) in [5.74, 6) is 0.539. The minimum Gasteiger partial charge on any atom is -0.491 e. The number of hydrogen-bond donors (Lipinski definition) is 3. The van der Waals surface area contributed by atoms with Gasteiger partial charge in [0.2, 0.25) is 5.91 Å². The quantitative estimate of drug-likeness (QED) is 0.697. The fourth-order valence-electron chi connectivity index (χ4n) is 2.26. The van der Waals surface area contributed by atoms with Crippen molar-refractivity contribution in [1.29, 1.82) is 0 Å². The number of aliphatic hydroxyl groups is 1. The summed E-state index contributed by atoms with van der Waals surface area (Å²) in [6.07, 6.45) is -0.605. The van der Waals surface area contributed by atoms with E-state index in [4.69, 9.17) is 4.74 Å². The van der Waals surface area contributed by atoms with E-state index in [1.807, 2.05) is 18.2 Å². The highest BCUT2D eigenvalue weighted by Gasteiger charge is 2.09. The minimum absolute atomic E-state index is 0.113. The third kappa shape index (κ3) is 6.02. The van der Waals surface area contributed by atoms with E-state index < -0.39 is 6.10 Å². The molecule has 2 aromatic rings. The van der Waals surface area contributed by atoms with Crippen LogP contribution >= 0.6 is 0 Å². The largest absolute Gasteiger partial charge is 0.491 e. The Labute approximate surface area is 142 Å². The van der Waals surface area contributed by atoms with E-state index in [1.54, 1.807) is 24.3 Å². The number of rotatable bonds is 8. The Kier molecular flexibility index (Phi) is 6.78. The van der Waals surface area contributed by atoms with E-state index in [-0.39, 0.29) is 18.6 Å². The third-order valence-corrected chi connectivity index (χ3v) is 3.58. The maximum Gasteiger partial charge on any atom is 0.221 e. The third-order valence-electron chi connectivity index (χ3n) is 3.58. The van der Waals surface area contributed by atoms with Crippen molar-refractivity contribution < 1.29 is 14.6 Å². The fourth-order valence-corrected chi connectivity index (χ4v) is 2.26. The topological polar surface area (TPSA) is 70.6 Å². The van der Waals surface area contributed by atoms with Crippen LogP contribution in [0.15, 0.2) is 54.6 Å². The number of ether oxygens (including phenoxy) is 1. The van der Waals surface area contributed by atoms with E-state index in [2.05, 4.69) is 29.7 Å². The van der Waals surface area contributed by atoms with E-state index in [0.29, 0.717) is 18.0 Å². The van der Waals surface area contributed by atoms with Crippen LogP contribution in [-0.2, 0) is 4.79 Å². The van der Waals surface area contributed by atoms with Crippen LogP contribution in [0.25, 0.3) is 0 Å². The summed E-state index contributed by atoms with van der Waals surface area (Å²) < 4.78 is 5.56. The number of carbonyl (C=O) groups is 1. The molecule has 128 valence electrons. The van der Waals surface area contributed by atoms with Crippen LogP contribution in [0, 0.1) is 0 Å². The van der Waals surface area contributed by atoms with Gasteiger partial charge >= 0.3 is 0 Å². The van der Waals surface area contributed by atoms with Crippen molar-refractivity contribution in [3.8, 4) is 5.75 Å². The predicted octanol–water partition coefficient (Wildman–Crippen LogP) is 2.74. The van der Waals surface area contributed by atoms with Crippen molar-refractivity contribution in [2.45, 2.75) is 26.0 Å². The van der Waals surface area contributed by atoms with Crippen LogP contribution < -0.4 is 15.4 Å². The molecule has 2 atom stereocenters. The zero-order valence-electron chi connectivity index (χ0n) is 14.0. The van der Waals surface area contributed by atoms with Crippen molar-refractivity contribution in [2.24, 2.45) is 0 Å². The first-order valence-corrected chi connectivity index (χ1v) is 8.01. The zero-order valence-corrected chi connectivity index (χ0v) is 14.0. The van der Waals surface area contributed by atoms with Gasteiger partial charge < -0.3 is 20.5 Å². The Hall–Kier alpha value is -2.37. The van der Waals surface area contributed by atoms with Crippen LogP contribution in [0.2, 0.25) is 0 Å². The van der Waals surface area contributed by atoms with Crippen LogP contribution in [0.4, 0.5) is 5.69 Å². The zero-order chi connectivity index (χ0) is 17.4. The molecule has 3 N–H and O–H groups in total. The van der Waals surface area contributed by atoms with Crippen molar-refractivity contribution in [2.75, 3.05) is 18.5 Å². The molecule has 2 aromatic carbocycles. The second-order valence-corrected chi connectivity index (χ2v) is 5.71. The highest BCUT2D eigenvalue weighted by molar-refractivity contribution is 5.88. The Morgan fingerprint density at radius 1 is 1.12 bits per heavy atom. The summed E-state index contributed by atoms with van der Waals surface area (Å²) in [6, 6.07) is 17.3. The first kappa shape index (κ1) is 18.0. The number of anilines is 1. The molecule has 0 heterocycles. The summed E-state index contributed by atoms with van der Waals surface area (Å²) >= 11 is 0. The molecule has 0 spiro atoms. The summed E-state index contributed by atoms with van der Waals surface area (Å²) in [5, 5.41) is 16.0. The fraction of sp³-hybridized carbons (Fsp3) is 0.316. The smallest absolute Gasteiger partial charge is 0.221 e. The highest BCUT2D eigenvalue weighted by Crippen LogP contribution is 2.16. The first-order valence-electron chi connectivity index (χ1n) is 8.01. The lowest BCUT2D eigenvalue weighted by atomic mass is 10.1. The Morgan fingerprint density at radius 2 is 1.79 bits per heavy atom. The molecular weight excluding hydrogens is 304 g/mol. The molecular formula is C19H24N2O3. The molecule has 5 nitrogen and oxygen atoms in total. The van der Waals surface area contributed by atoms with Gasteiger partial charge in [0.15, 0.2) is 0 Å². The number of nitrogens with one attached hydrogen (secondary N) is 2. The SMILES string of the molecule is CC(=O)Nc1ccc(OC[C@H](O)CN[C@H](C)c2ccccc2)cc1. The monoisotopic (exact) mass is 328 g/mol. The molecule has 0 aliphatic carbocycles. The highest BCUT2D eigenvalue weighted by atomic mass is 16.5. The van der Waals surface area contributed by atoms with Gasteiger partial charge in [-0.15, -0.1) is 0 Å². The molecule has 0 aromatic heterocycles. The van der Waals surface area contributed by atoms with Gasteiger partial charge in [0, 0.05) is 25.2 Å². The molecule has 0 bridgehead atoms. The van der Waals surface area contributed by atoms with E-state index in [0.717, 1.165) is 0 Å². The lowest BCUT2D eigenvalue weighted by molar-refractivity contribution is -0.114. The molecule has 5 heteroatoms. The van der Waals surface area contributed by atoms with Crippen LogP contribution in [0.3, 0.4) is 0 Å². The van der Waals surface area contributed by atoms with Crippen LogP contribution in [0.5, 0.6) is 5.75 Å². The molecule has 0 saturated heterocycles. The molecule has 1 amide bonds. The van der Waals surface area contributed by atoms with E-state index >= 15 is 0 Å². The van der Waals surface area contributed by atoms with Gasteiger partial charge in [0.1, 0.15) is 18.5 Å². The van der Waals surface area contributed by atoms with Crippen molar-refractivity contribution in [3.05, 3.63) is 60.2 Å². The van der Waals surface area contributed by atoms with Gasteiger partial charge in [-0.3, -0.25) is 4.79 Å². The predicted molar refractivity (Wildman–Crippen MR) is 95.1 cm³/mol. The average Bonchev–Trinajstić information content (AvgIpc) is 2.59. The first-order chi connectivity index (χ1) is 11.5. The Balaban J connectivity index is 1.72. The van der Waals surface area contributed by atoms with Gasteiger partial charge in [-0.2, -0.15) is 0 Å². The van der Waals surface area contributed by atoms with E-state index in [9.17, 15) is 9.90 Å². The van der Waals surface area contributed by atoms with Crippen LogP contribution in [0.1, 0.15) is 25.5 Å². The standard InChI is InChI=1S/C19H24N2O3/c1-14(16-6-4-3-5-7-16)20-12-18(23)13-24-19-10-8-17(9-11-19)21-15(2)22/h3-11,14,18,20,23H,12-13H2,1-2H3,(H,21,22)/t14-,18-/m1/s1. The summed E-state index contributed by atoms with van der Waals surface area (Å²) in [6.45, 7) is 4.17. The van der Waals surface area contributed by atoms with E-state index in [1.165, 1.54) is 12.5 Å². The lowest BCUT2D eigenvalue weighted by Gasteiger charge is -2.18. The number of carbonyl (C=O) groups excluding carboxylic acids is 1. The molecule has 0 aliphatic rings. The molecule has 0 radical (unpaired) electrons. The van der Waals surface area contributed by atoms with Gasteiger partial charge in [-0.25, -0.2) is 0 Å². The van der Waals surface area contributed by atoms with Crippen molar-refractivity contribution >= 4 is 11.6 Å². The van der Waals surface area contributed by atoms with Gasteiger partial charge in [0.05, 0.1) is 0 Å². The molecule has 24 heavy (non-hydrogen) atoms. The Morgan fingerprint density at radius 3 is 2.42 bits per heavy atom. The molecule has 0 unspecified atom stereocenters. The van der Waals surface area contributed by atoms with Crippen molar-refractivity contribution in [3.63, 3.8) is 0 Å². The maximum atomic E-state index is 11.0. The molecule has 2 rings (SSSR count). The van der Waals surface area contributed by atoms with Gasteiger partial charge in [-0.1, -0.05) is 30.3 Å². The Bertz CT molecular complexity index is 629. The van der Waals surface area contributed by atoms with Crippen molar-refractivity contribution in [1.82, 2.24) is 5.32 Å². The second kappa shape index (κ2) is 9.05. The normalized spacial score (nSPS) is 13.1. The summed E-state index contributed by atoms with van der Waals surface area (Å²) in [7, 11) is 0. The number of benzene rings is 2.